The molecular weight excluding hydrogens is 268 g/mol. The molecule has 7 heteroatoms. The number of hydrogen-bond donors (Lipinski definition) is 3. The Labute approximate surface area is 122 Å². The van der Waals surface area contributed by atoms with Crippen molar-refractivity contribution in [3.8, 4) is 0 Å². The topological polar surface area (TPSA) is 85.9 Å². The zero-order valence-electron chi connectivity index (χ0n) is 11.7. The molecule has 1 aromatic carbocycles. The highest BCUT2D eigenvalue weighted by Gasteiger charge is 2.15. The molecule has 2 heterocycles. The summed E-state index contributed by atoms with van der Waals surface area (Å²) in [7, 11) is 0. The van der Waals surface area contributed by atoms with Crippen LogP contribution in [0.4, 0.5) is 22.0 Å². The van der Waals surface area contributed by atoms with Gasteiger partial charge >= 0.3 is 6.03 Å². The second kappa shape index (κ2) is 6.25. The van der Waals surface area contributed by atoms with E-state index in [1.54, 1.807) is 0 Å². The highest BCUT2D eigenvalue weighted by Crippen LogP contribution is 2.28. The summed E-state index contributed by atoms with van der Waals surface area (Å²) in [6, 6.07) is 7.53. The summed E-state index contributed by atoms with van der Waals surface area (Å²) in [5.74, 6) is 0.392. The van der Waals surface area contributed by atoms with Crippen molar-refractivity contribution in [3.05, 3.63) is 30.5 Å². The second-order valence-electron chi connectivity index (χ2n) is 5.00. The zero-order chi connectivity index (χ0) is 14.5. The third-order valence-corrected chi connectivity index (χ3v) is 3.51. The van der Waals surface area contributed by atoms with E-state index in [-0.39, 0.29) is 6.03 Å². The lowest BCUT2D eigenvalue weighted by Crippen LogP contribution is -2.30. The van der Waals surface area contributed by atoms with Crippen LogP contribution in [0.1, 0.15) is 19.3 Å². The molecule has 1 saturated heterocycles. The Morgan fingerprint density at radius 2 is 1.95 bits per heavy atom. The van der Waals surface area contributed by atoms with Gasteiger partial charge in [0.2, 0.25) is 0 Å². The largest absolute Gasteiger partial charge is 0.370 e. The normalized spacial score (nSPS) is 14.8. The van der Waals surface area contributed by atoms with Crippen molar-refractivity contribution < 1.29 is 4.79 Å². The van der Waals surface area contributed by atoms with Crippen LogP contribution in [0.25, 0.3) is 0 Å². The number of H-pyrrole nitrogens is 1. The average Bonchev–Trinajstić information content (AvgIpc) is 3.01. The van der Waals surface area contributed by atoms with Crippen molar-refractivity contribution in [2.75, 3.05) is 28.6 Å². The van der Waals surface area contributed by atoms with Gasteiger partial charge in [0.25, 0.3) is 0 Å². The van der Waals surface area contributed by atoms with Crippen molar-refractivity contribution in [2.45, 2.75) is 19.3 Å². The van der Waals surface area contributed by atoms with E-state index in [4.69, 9.17) is 0 Å². The minimum absolute atomic E-state index is 0.326. The van der Waals surface area contributed by atoms with Gasteiger partial charge in [0.05, 0.1) is 17.6 Å². The fourth-order valence-corrected chi connectivity index (χ4v) is 2.52. The number of piperidine rings is 1. The molecule has 110 valence electrons. The Hall–Kier alpha value is -2.57. The van der Waals surface area contributed by atoms with E-state index < -0.39 is 0 Å². The van der Waals surface area contributed by atoms with Crippen LogP contribution in [0, 0.1) is 0 Å². The molecule has 2 aromatic rings. The van der Waals surface area contributed by atoms with Crippen molar-refractivity contribution in [1.82, 2.24) is 15.4 Å². The number of aromatic nitrogens is 3. The number of carbonyl (C=O) groups excluding carboxylic acids is 1. The molecule has 0 saturated carbocycles. The Bertz CT molecular complexity index is 591. The van der Waals surface area contributed by atoms with E-state index in [0.29, 0.717) is 5.82 Å². The molecule has 2 amide bonds. The third-order valence-electron chi connectivity index (χ3n) is 3.51. The molecule has 0 spiro atoms. The summed E-state index contributed by atoms with van der Waals surface area (Å²) < 4.78 is 0. The quantitative estimate of drug-likeness (QED) is 0.809. The molecule has 0 radical (unpaired) electrons. The maximum absolute atomic E-state index is 12.0. The lowest BCUT2D eigenvalue weighted by atomic mass is 10.1. The second-order valence-corrected chi connectivity index (χ2v) is 5.00. The van der Waals surface area contributed by atoms with Crippen LogP contribution in [0.15, 0.2) is 30.5 Å². The first-order valence-electron chi connectivity index (χ1n) is 7.11. The predicted molar refractivity (Wildman–Crippen MR) is 81.5 cm³/mol. The summed E-state index contributed by atoms with van der Waals surface area (Å²) in [6.45, 7) is 2.06. The van der Waals surface area contributed by atoms with Crippen LogP contribution in [0.5, 0.6) is 0 Å². The highest BCUT2D eigenvalue weighted by atomic mass is 16.2. The van der Waals surface area contributed by atoms with Gasteiger partial charge in [0.1, 0.15) is 0 Å². The molecule has 1 aromatic heterocycles. The molecule has 0 aliphatic carbocycles. The Morgan fingerprint density at radius 3 is 2.71 bits per heavy atom. The third kappa shape index (κ3) is 3.31. The maximum atomic E-state index is 12.0. The van der Waals surface area contributed by atoms with Gasteiger partial charge in [0, 0.05) is 13.1 Å². The van der Waals surface area contributed by atoms with Crippen molar-refractivity contribution in [1.29, 1.82) is 0 Å². The number of nitrogens with zero attached hydrogens (tertiary/aromatic N) is 3. The van der Waals surface area contributed by atoms with E-state index >= 15 is 0 Å². The molecule has 0 unspecified atom stereocenters. The van der Waals surface area contributed by atoms with Gasteiger partial charge in [0.15, 0.2) is 5.82 Å². The van der Waals surface area contributed by atoms with Crippen molar-refractivity contribution >= 4 is 23.2 Å². The van der Waals surface area contributed by atoms with Gasteiger partial charge in [-0.15, -0.1) is 5.10 Å². The summed E-state index contributed by atoms with van der Waals surface area (Å²) in [6.07, 6.45) is 5.12. The zero-order valence-corrected chi connectivity index (χ0v) is 11.7. The van der Waals surface area contributed by atoms with Crippen LogP contribution in [-0.2, 0) is 0 Å². The van der Waals surface area contributed by atoms with Crippen LogP contribution in [0.2, 0.25) is 0 Å². The first-order valence-corrected chi connectivity index (χ1v) is 7.11. The highest BCUT2D eigenvalue weighted by molar-refractivity contribution is 6.01. The summed E-state index contributed by atoms with van der Waals surface area (Å²) in [4.78, 5) is 14.3. The minimum Gasteiger partial charge on any atom is -0.370 e. The van der Waals surface area contributed by atoms with Gasteiger partial charge in [-0.1, -0.05) is 12.1 Å². The lowest BCUT2D eigenvalue weighted by molar-refractivity contribution is 0.262. The number of urea groups is 1. The lowest BCUT2D eigenvalue weighted by Gasteiger charge is -2.30. The molecule has 3 rings (SSSR count). The maximum Gasteiger partial charge on any atom is 0.325 e. The van der Waals surface area contributed by atoms with Crippen LogP contribution in [-0.4, -0.2) is 34.5 Å². The van der Waals surface area contributed by atoms with Gasteiger partial charge in [-0.25, -0.2) is 4.79 Å². The van der Waals surface area contributed by atoms with Crippen molar-refractivity contribution in [3.63, 3.8) is 0 Å². The van der Waals surface area contributed by atoms with E-state index in [2.05, 4.69) is 30.9 Å². The van der Waals surface area contributed by atoms with Crippen LogP contribution < -0.4 is 15.5 Å². The Kier molecular flexibility index (Phi) is 3.99. The van der Waals surface area contributed by atoms with E-state index in [9.17, 15) is 4.79 Å². The Balaban J connectivity index is 1.71. The minimum atomic E-state index is -0.326. The van der Waals surface area contributed by atoms with E-state index in [1.165, 1.54) is 25.5 Å². The van der Waals surface area contributed by atoms with Crippen molar-refractivity contribution in [2.24, 2.45) is 0 Å². The number of amides is 2. The molecule has 1 fully saturated rings. The molecular formula is C14H18N6O. The molecule has 1 aliphatic rings. The molecule has 3 N–H and O–H groups in total. The van der Waals surface area contributed by atoms with E-state index in [0.717, 1.165) is 24.5 Å². The fraction of sp³-hybridized carbons (Fsp3) is 0.357. The molecule has 0 bridgehead atoms. The number of benzene rings is 1. The SMILES string of the molecule is O=C(Nc1cn[nH]n1)Nc1ccccc1N1CCCCC1. The summed E-state index contributed by atoms with van der Waals surface area (Å²) in [5.41, 5.74) is 1.87. The fourth-order valence-electron chi connectivity index (χ4n) is 2.52. The van der Waals surface area contributed by atoms with Gasteiger partial charge < -0.3 is 10.2 Å². The first-order chi connectivity index (χ1) is 10.3. The number of aromatic amines is 1. The standard InChI is InChI=1S/C14H18N6O/c21-14(17-13-10-15-19-18-13)16-11-6-2-3-7-12(11)20-8-4-1-5-9-20/h2-3,6-7,10H,1,4-5,8-9H2,(H3,15,16,17,18,19,21). The van der Waals surface area contributed by atoms with Gasteiger partial charge in [-0.05, 0) is 31.4 Å². The monoisotopic (exact) mass is 286 g/mol. The smallest absolute Gasteiger partial charge is 0.325 e. The van der Waals surface area contributed by atoms with Gasteiger partial charge in [-0.2, -0.15) is 10.3 Å². The van der Waals surface area contributed by atoms with Gasteiger partial charge in [-0.3, -0.25) is 5.32 Å². The number of para-hydroxylation sites is 2. The molecule has 0 atom stereocenters. The van der Waals surface area contributed by atoms with E-state index in [1.807, 2.05) is 24.3 Å². The predicted octanol–water partition coefficient (Wildman–Crippen LogP) is 2.44. The number of hydrogen-bond acceptors (Lipinski definition) is 4. The molecule has 1 aliphatic heterocycles. The number of rotatable bonds is 3. The molecule has 21 heavy (non-hydrogen) atoms. The molecule has 7 nitrogen and oxygen atoms in total. The van der Waals surface area contributed by atoms with Crippen LogP contribution >= 0.6 is 0 Å². The summed E-state index contributed by atoms with van der Waals surface area (Å²) >= 11 is 0. The number of anilines is 3. The summed E-state index contributed by atoms with van der Waals surface area (Å²) in [5, 5.41) is 15.4. The first kappa shape index (κ1) is 13.4. The number of nitrogens with one attached hydrogen (secondary N) is 3. The Morgan fingerprint density at radius 1 is 1.14 bits per heavy atom. The number of carbonyl (C=O) groups is 1. The average molecular weight is 286 g/mol. The van der Waals surface area contributed by atoms with Crippen LogP contribution in [0.3, 0.4) is 0 Å².